The number of aryl methyl sites for hydroxylation is 3. The lowest BCUT2D eigenvalue weighted by Crippen LogP contribution is -2.32. The molecule has 3 aromatic rings. The van der Waals surface area contributed by atoms with E-state index in [0.29, 0.717) is 5.92 Å². The minimum Gasteiger partial charge on any atom is -0.232 e. The van der Waals surface area contributed by atoms with E-state index in [9.17, 15) is 0 Å². The quantitative estimate of drug-likeness (QED) is 0.623. The van der Waals surface area contributed by atoms with Crippen molar-refractivity contribution in [2.45, 2.75) is 40.5 Å². The van der Waals surface area contributed by atoms with E-state index in [1.54, 1.807) is 0 Å². The first kappa shape index (κ1) is 15.7. The zero-order valence-electron chi connectivity index (χ0n) is 14.9. The van der Waals surface area contributed by atoms with Crippen LogP contribution in [-0.4, -0.2) is 4.98 Å². The molecule has 0 fully saturated rings. The van der Waals surface area contributed by atoms with Gasteiger partial charge in [0.2, 0.25) is 0 Å². The third kappa shape index (κ3) is 2.74. The fraction of sp³-hybridized carbons (Fsp3) is 0.333. The average molecular weight is 305 g/mol. The van der Waals surface area contributed by atoms with Crippen molar-refractivity contribution in [3.63, 3.8) is 0 Å². The highest BCUT2D eigenvalue weighted by Gasteiger charge is 2.18. The van der Waals surface area contributed by atoms with Crippen molar-refractivity contribution >= 4 is 10.9 Å². The van der Waals surface area contributed by atoms with Gasteiger partial charge in [-0.3, -0.25) is 0 Å². The van der Waals surface area contributed by atoms with Crippen LogP contribution in [0.15, 0.2) is 36.7 Å². The predicted molar refractivity (Wildman–Crippen MR) is 96.7 cm³/mol. The van der Waals surface area contributed by atoms with Gasteiger partial charge in [-0.15, -0.1) is 0 Å². The van der Waals surface area contributed by atoms with Gasteiger partial charge < -0.3 is 0 Å². The van der Waals surface area contributed by atoms with Crippen LogP contribution >= 0.6 is 0 Å². The van der Waals surface area contributed by atoms with E-state index in [-0.39, 0.29) is 0 Å². The lowest BCUT2D eigenvalue weighted by Gasteiger charge is -2.13. The molecule has 2 nitrogen and oxygen atoms in total. The molecule has 0 radical (unpaired) electrons. The summed E-state index contributed by atoms with van der Waals surface area (Å²) in [4.78, 5) is 4.60. The zero-order valence-corrected chi connectivity index (χ0v) is 14.9. The van der Waals surface area contributed by atoms with Crippen LogP contribution in [0.4, 0.5) is 0 Å². The monoisotopic (exact) mass is 305 g/mol. The molecule has 2 heteroatoms. The predicted octanol–water partition coefficient (Wildman–Crippen LogP) is 4.77. The average Bonchev–Trinajstić information content (AvgIpc) is 2.50. The Bertz CT molecular complexity index is 892. The lowest BCUT2D eigenvalue weighted by atomic mass is 9.94. The molecule has 0 amide bonds. The summed E-state index contributed by atoms with van der Waals surface area (Å²) in [6.45, 7) is 11.0. The summed E-state index contributed by atoms with van der Waals surface area (Å²) >= 11 is 0. The number of hydrogen-bond acceptors (Lipinski definition) is 1. The van der Waals surface area contributed by atoms with E-state index in [4.69, 9.17) is 0 Å². The second-order valence-electron chi connectivity index (χ2n) is 6.89. The van der Waals surface area contributed by atoms with Crippen molar-refractivity contribution in [1.29, 1.82) is 0 Å². The van der Waals surface area contributed by atoms with Crippen LogP contribution in [0.25, 0.3) is 22.2 Å². The zero-order chi connectivity index (χ0) is 16.7. The fourth-order valence-corrected chi connectivity index (χ4v) is 3.23. The summed E-state index contributed by atoms with van der Waals surface area (Å²) in [6.07, 6.45) is 1.92. The van der Waals surface area contributed by atoms with Gasteiger partial charge in [0, 0.05) is 5.56 Å². The standard InChI is InChI=1S/C21H25N2/c1-13(2)17-7-8-20-19(11-17)21(23(6)12-22-20)18-10-14(3)9-15(4)16(18)5/h7-13H,1-6H3/q+1. The van der Waals surface area contributed by atoms with E-state index >= 15 is 0 Å². The van der Waals surface area contributed by atoms with Crippen molar-refractivity contribution in [2.75, 3.05) is 0 Å². The Morgan fingerprint density at radius 3 is 2.43 bits per heavy atom. The summed E-state index contributed by atoms with van der Waals surface area (Å²) in [7, 11) is 2.08. The second kappa shape index (κ2) is 5.77. The molecule has 0 bridgehead atoms. The summed E-state index contributed by atoms with van der Waals surface area (Å²) < 4.78 is 2.15. The van der Waals surface area contributed by atoms with E-state index in [2.05, 4.69) is 81.5 Å². The molecule has 0 saturated carbocycles. The minimum absolute atomic E-state index is 0.512. The number of aromatic nitrogens is 2. The number of rotatable bonds is 2. The van der Waals surface area contributed by atoms with E-state index in [0.717, 1.165) is 5.52 Å². The normalized spacial score (nSPS) is 11.4. The molecule has 1 heterocycles. The largest absolute Gasteiger partial charge is 0.287 e. The molecule has 0 aliphatic heterocycles. The Balaban J connectivity index is 2.41. The van der Waals surface area contributed by atoms with Gasteiger partial charge >= 0.3 is 0 Å². The van der Waals surface area contributed by atoms with Crippen LogP contribution in [-0.2, 0) is 7.05 Å². The van der Waals surface area contributed by atoms with Crippen molar-refractivity contribution in [1.82, 2.24) is 4.98 Å². The number of benzene rings is 2. The Morgan fingerprint density at radius 1 is 1.00 bits per heavy atom. The van der Waals surface area contributed by atoms with Gasteiger partial charge in [-0.1, -0.05) is 31.5 Å². The molecule has 0 N–H and O–H groups in total. The highest BCUT2D eigenvalue weighted by Crippen LogP contribution is 2.31. The first-order valence-electron chi connectivity index (χ1n) is 8.25. The van der Waals surface area contributed by atoms with Crippen molar-refractivity contribution in [3.05, 3.63) is 58.9 Å². The fourth-order valence-electron chi connectivity index (χ4n) is 3.23. The third-order valence-corrected chi connectivity index (χ3v) is 4.73. The van der Waals surface area contributed by atoms with Crippen LogP contribution in [0, 0.1) is 20.8 Å². The summed E-state index contributed by atoms with van der Waals surface area (Å²) in [6, 6.07) is 11.2. The Morgan fingerprint density at radius 2 is 1.74 bits per heavy atom. The molecule has 3 rings (SSSR count). The summed E-state index contributed by atoms with van der Waals surface area (Å²) in [5.41, 5.74) is 8.95. The highest BCUT2D eigenvalue weighted by molar-refractivity contribution is 5.92. The molecule has 0 aliphatic rings. The smallest absolute Gasteiger partial charge is 0.232 e. The molecule has 118 valence electrons. The van der Waals surface area contributed by atoms with Gasteiger partial charge in [0.15, 0.2) is 5.52 Å². The van der Waals surface area contributed by atoms with Crippen molar-refractivity contribution in [2.24, 2.45) is 7.05 Å². The summed E-state index contributed by atoms with van der Waals surface area (Å²) in [5.74, 6) is 0.512. The Kier molecular flexibility index (Phi) is 3.93. The molecule has 0 spiro atoms. The van der Waals surface area contributed by atoms with E-state index < -0.39 is 0 Å². The van der Waals surface area contributed by atoms with Gasteiger partial charge in [0.25, 0.3) is 6.33 Å². The maximum atomic E-state index is 4.60. The topological polar surface area (TPSA) is 16.8 Å². The molecule has 0 aliphatic carbocycles. The van der Waals surface area contributed by atoms with Gasteiger partial charge in [-0.2, -0.15) is 0 Å². The summed E-state index contributed by atoms with van der Waals surface area (Å²) in [5, 5.41) is 1.23. The van der Waals surface area contributed by atoms with E-state index in [1.807, 2.05) is 6.33 Å². The molecule has 0 atom stereocenters. The molecule has 23 heavy (non-hydrogen) atoms. The van der Waals surface area contributed by atoms with Crippen LogP contribution in [0.3, 0.4) is 0 Å². The first-order chi connectivity index (χ1) is 10.9. The SMILES string of the molecule is Cc1cc(C)c(C)c(-c2c3cc(C(C)C)ccc3nc[n+]2C)c1. The molecule has 0 unspecified atom stereocenters. The highest BCUT2D eigenvalue weighted by atomic mass is 15.0. The molecule has 0 saturated heterocycles. The van der Waals surface area contributed by atoms with Crippen LogP contribution in [0.2, 0.25) is 0 Å². The van der Waals surface area contributed by atoms with Gasteiger partial charge in [0.05, 0.1) is 12.4 Å². The first-order valence-corrected chi connectivity index (χ1v) is 8.25. The molecular weight excluding hydrogens is 280 g/mol. The minimum atomic E-state index is 0.512. The van der Waals surface area contributed by atoms with Crippen molar-refractivity contribution in [3.8, 4) is 11.3 Å². The van der Waals surface area contributed by atoms with Gasteiger partial charge in [-0.05, 0) is 66.6 Å². The Hall–Kier alpha value is -2.22. The second-order valence-corrected chi connectivity index (χ2v) is 6.89. The Labute approximate surface area is 138 Å². The molecule has 2 aromatic carbocycles. The van der Waals surface area contributed by atoms with E-state index in [1.165, 1.54) is 38.9 Å². The van der Waals surface area contributed by atoms with Crippen molar-refractivity contribution < 1.29 is 4.57 Å². The van der Waals surface area contributed by atoms with Crippen LogP contribution in [0.5, 0.6) is 0 Å². The van der Waals surface area contributed by atoms with Crippen LogP contribution < -0.4 is 4.57 Å². The number of fused-ring (bicyclic) bond motifs is 1. The maximum absolute atomic E-state index is 4.60. The third-order valence-electron chi connectivity index (χ3n) is 4.73. The van der Waals surface area contributed by atoms with Crippen LogP contribution in [0.1, 0.15) is 42.0 Å². The molecule has 1 aromatic heterocycles. The van der Waals surface area contributed by atoms with Gasteiger partial charge in [-0.25, -0.2) is 4.57 Å². The number of nitrogens with zero attached hydrogens (tertiary/aromatic N) is 2. The molecular formula is C21H25N2+. The lowest BCUT2D eigenvalue weighted by molar-refractivity contribution is -0.662. The maximum Gasteiger partial charge on any atom is 0.287 e. The van der Waals surface area contributed by atoms with Gasteiger partial charge in [0.1, 0.15) is 5.69 Å². The number of hydrogen-bond donors (Lipinski definition) is 0.